The SMILES string of the molecule is CC(C)(I)OC(=O)N1CCC2(S(=O)(=O)c3cccc(Br)c3)c3ccc(C(F)(C(F)(F)F)C(F)(F)F)cc3CCC12. The quantitative estimate of drug-likeness (QED) is 0.182. The van der Waals surface area contributed by atoms with Crippen LogP contribution < -0.4 is 0 Å². The van der Waals surface area contributed by atoms with E-state index in [1.165, 1.54) is 23.1 Å². The van der Waals surface area contributed by atoms with Crippen molar-refractivity contribution >= 4 is 54.5 Å². The Balaban J connectivity index is 1.95. The predicted octanol–water partition coefficient (Wildman–Crippen LogP) is 7.74. The zero-order chi connectivity index (χ0) is 30.1. The minimum absolute atomic E-state index is 0.0804. The van der Waals surface area contributed by atoms with E-state index in [9.17, 15) is 43.9 Å². The molecule has 0 saturated carbocycles. The molecule has 1 saturated heterocycles. The number of likely N-dealkylation sites (tertiary alicyclic amines) is 1. The molecule has 40 heavy (non-hydrogen) atoms. The summed E-state index contributed by atoms with van der Waals surface area (Å²) in [6.45, 7) is 3.10. The van der Waals surface area contributed by atoms with Gasteiger partial charge in [-0.15, -0.1) is 0 Å². The van der Waals surface area contributed by atoms with Crippen molar-refractivity contribution in [2.75, 3.05) is 6.54 Å². The van der Waals surface area contributed by atoms with Crippen LogP contribution in [0, 0.1) is 0 Å². The number of alkyl halides is 8. The van der Waals surface area contributed by atoms with Crippen molar-refractivity contribution in [3.05, 3.63) is 63.6 Å². The van der Waals surface area contributed by atoms with Gasteiger partial charge in [0.1, 0.15) is 4.75 Å². The van der Waals surface area contributed by atoms with E-state index in [4.69, 9.17) is 4.74 Å². The number of aryl methyl sites for hydroxylation is 1. The molecular weight excluding hydrogens is 750 g/mol. The van der Waals surface area contributed by atoms with E-state index >= 15 is 0 Å². The van der Waals surface area contributed by atoms with Gasteiger partial charge in [-0.3, -0.25) is 0 Å². The highest BCUT2D eigenvalue weighted by Gasteiger charge is 2.74. The van der Waals surface area contributed by atoms with Crippen molar-refractivity contribution in [1.29, 1.82) is 0 Å². The molecule has 2 aromatic rings. The molecule has 2 unspecified atom stereocenters. The molecule has 2 atom stereocenters. The molecule has 0 aromatic heterocycles. The lowest BCUT2D eigenvalue weighted by atomic mass is 9.77. The number of hydrogen-bond donors (Lipinski definition) is 0. The smallest absolute Gasteiger partial charge is 0.433 e. The summed E-state index contributed by atoms with van der Waals surface area (Å²) < 4.78 is 127. The van der Waals surface area contributed by atoms with Crippen molar-refractivity contribution in [2.24, 2.45) is 0 Å². The number of fused-ring (bicyclic) bond motifs is 3. The van der Waals surface area contributed by atoms with E-state index in [1.807, 2.05) is 22.6 Å². The highest BCUT2D eigenvalue weighted by Crippen LogP contribution is 2.57. The summed E-state index contributed by atoms with van der Waals surface area (Å²) >= 11 is 5.08. The summed E-state index contributed by atoms with van der Waals surface area (Å²) in [6.07, 6.45) is -14.0. The molecule has 0 N–H and O–H groups in total. The molecule has 2 aliphatic rings. The van der Waals surface area contributed by atoms with Crippen molar-refractivity contribution in [1.82, 2.24) is 4.90 Å². The van der Waals surface area contributed by atoms with Gasteiger partial charge < -0.3 is 9.64 Å². The summed E-state index contributed by atoms with van der Waals surface area (Å²) in [5.74, 6) is 0. The average Bonchev–Trinajstić information content (AvgIpc) is 3.22. The van der Waals surface area contributed by atoms with Gasteiger partial charge in [0.2, 0.25) is 0 Å². The number of carbonyl (C=O) groups is 1. The van der Waals surface area contributed by atoms with Crippen LogP contribution >= 0.6 is 38.5 Å². The second-order valence-electron chi connectivity index (χ2n) is 10.1. The van der Waals surface area contributed by atoms with Crippen LogP contribution in [0.15, 0.2) is 51.8 Å². The number of amides is 1. The summed E-state index contributed by atoms with van der Waals surface area (Å²) in [6, 6.07) is 6.19. The Labute approximate surface area is 247 Å². The third kappa shape index (κ3) is 4.90. The van der Waals surface area contributed by atoms with Gasteiger partial charge in [-0.05, 0) is 85.0 Å². The number of carbonyl (C=O) groups excluding carboxylic acids is 1. The summed E-state index contributed by atoms with van der Waals surface area (Å²) in [5, 5.41) is 0. The number of benzene rings is 2. The maximum absolute atomic E-state index is 14.9. The van der Waals surface area contributed by atoms with Crippen LogP contribution in [0.2, 0.25) is 0 Å². The Morgan fingerprint density at radius 2 is 1.68 bits per heavy atom. The molecule has 1 aliphatic heterocycles. The zero-order valence-corrected chi connectivity index (χ0v) is 25.4. The first-order valence-electron chi connectivity index (χ1n) is 11.8. The fraction of sp³-hybridized carbons (Fsp3) is 0.480. The Bertz CT molecular complexity index is 1430. The van der Waals surface area contributed by atoms with Crippen LogP contribution in [0.5, 0.6) is 0 Å². The van der Waals surface area contributed by atoms with Crippen LogP contribution in [-0.4, -0.2) is 48.0 Å². The lowest BCUT2D eigenvalue weighted by Gasteiger charge is -2.43. The fourth-order valence-corrected chi connectivity index (χ4v) is 8.71. The van der Waals surface area contributed by atoms with Gasteiger partial charge in [0, 0.05) is 16.6 Å². The maximum Gasteiger partial charge on any atom is 0.435 e. The largest absolute Gasteiger partial charge is 0.435 e. The Kier molecular flexibility index (Phi) is 7.82. The summed E-state index contributed by atoms with van der Waals surface area (Å²) in [7, 11) is -4.43. The van der Waals surface area contributed by atoms with Gasteiger partial charge >= 0.3 is 24.1 Å². The number of nitrogens with zero attached hydrogens (tertiary/aromatic N) is 1. The maximum atomic E-state index is 14.9. The Morgan fingerprint density at radius 3 is 2.23 bits per heavy atom. The van der Waals surface area contributed by atoms with Crippen molar-refractivity contribution < 1.29 is 48.7 Å². The van der Waals surface area contributed by atoms with Gasteiger partial charge in [-0.25, -0.2) is 17.6 Å². The van der Waals surface area contributed by atoms with E-state index in [1.54, 1.807) is 19.9 Å². The van der Waals surface area contributed by atoms with Crippen LogP contribution in [-0.2, 0) is 31.4 Å². The molecule has 5 nitrogen and oxygen atoms in total. The highest BCUT2D eigenvalue weighted by molar-refractivity contribution is 14.1. The van der Waals surface area contributed by atoms with Crippen molar-refractivity contribution in [2.45, 2.75) is 70.4 Å². The monoisotopic (exact) mass is 771 g/mol. The molecule has 2 aromatic carbocycles. The zero-order valence-electron chi connectivity index (χ0n) is 20.8. The first kappa shape index (κ1) is 31.3. The Morgan fingerprint density at radius 1 is 1.05 bits per heavy atom. The lowest BCUT2D eigenvalue weighted by molar-refractivity contribution is -0.348. The van der Waals surface area contributed by atoms with E-state index in [0.717, 1.165) is 6.07 Å². The summed E-state index contributed by atoms with van der Waals surface area (Å²) in [5.41, 5.74) is -7.62. The average molecular weight is 772 g/mol. The second-order valence-corrected chi connectivity index (χ2v) is 15.8. The van der Waals surface area contributed by atoms with Gasteiger partial charge in [0.05, 0.1) is 10.9 Å². The molecule has 220 valence electrons. The molecule has 15 heteroatoms. The van der Waals surface area contributed by atoms with Crippen LogP contribution in [0.4, 0.5) is 35.5 Å². The number of ether oxygens (including phenoxy) is 1. The minimum atomic E-state index is -6.32. The topological polar surface area (TPSA) is 63.7 Å². The molecule has 4 rings (SSSR count). The first-order valence-corrected chi connectivity index (χ1v) is 15.2. The Hall–Kier alpha value is -1.62. The fourth-order valence-electron chi connectivity index (χ4n) is 5.56. The van der Waals surface area contributed by atoms with Crippen molar-refractivity contribution in [3.63, 3.8) is 0 Å². The lowest BCUT2D eigenvalue weighted by Crippen LogP contribution is -2.53. The molecule has 1 amide bonds. The highest BCUT2D eigenvalue weighted by atomic mass is 127. The van der Waals surface area contributed by atoms with Crippen LogP contribution in [0.1, 0.15) is 43.4 Å². The first-order chi connectivity index (χ1) is 18.2. The third-order valence-corrected chi connectivity index (χ3v) is 10.5. The molecule has 0 spiro atoms. The number of halogens is 9. The molecule has 1 fully saturated rings. The molecule has 1 heterocycles. The number of hydrogen-bond acceptors (Lipinski definition) is 4. The second kappa shape index (κ2) is 9.99. The molecule has 0 bridgehead atoms. The minimum Gasteiger partial charge on any atom is -0.433 e. The number of rotatable bonds is 4. The van der Waals surface area contributed by atoms with Crippen LogP contribution in [0.3, 0.4) is 0 Å². The van der Waals surface area contributed by atoms with E-state index in [0.29, 0.717) is 16.6 Å². The van der Waals surface area contributed by atoms with Crippen LogP contribution in [0.25, 0.3) is 0 Å². The van der Waals surface area contributed by atoms with Crippen molar-refractivity contribution in [3.8, 4) is 0 Å². The standard InChI is InChI=1S/C25H22BrF7INO4S/c1-21(2,34)39-20(36)35-11-10-22(40(37,38)17-5-3-4-16(26)13-17)18-8-7-15(12-14(18)6-9-19(22)35)23(27,24(28,29)30)25(31,32)33/h3-5,7-8,12-13,19H,6,9-11H2,1-2H3. The van der Waals surface area contributed by atoms with E-state index < -0.39 is 53.9 Å². The van der Waals surface area contributed by atoms with Gasteiger partial charge in [0.15, 0.2) is 13.4 Å². The van der Waals surface area contributed by atoms with E-state index in [-0.39, 0.29) is 41.8 Å². The predicted molar refractivity (Wildman–Crippen MR) is 142 cm³/mol. The molecule has 1 aliphatic carbocycles. The molecular formula is C25H22BrF7INO4S. The third-order valence-electron chi connectivity index (χ3n) is 7.22. The number of sulfone groups is 1. The van der Waals surface area contributed by atoms with Gasteiger partial charge in [-0.1, -0.05) is 40.2 Å². The van der Waals surface area contributed by atoms with Gasteiger partial charge in [0.25, 0.3) is 0 Å². The molecule has 0 radical (unpaired) electrons. The van der Waals surface area contributed by atoms with Gasteiger partial charge in [-0.2, -0.15) is 26.3 Å². The normalized spacial score (nSPS) is 22.1. The summed E-state index contributed by atoms with van der Waals surface area (Å²) in [4.78, 5) is 14.2. The van der Waals surface area contributed by atoms with E-state index in [2.05, 4.69) is 15.9 Å².